The fraction of sp³-hybridized carbons (Fsp3) is 0.318. The van der Waals surface area contributed by atoms with Gasteiger partial charge in [-0.25, -0.2) is 4.21 Å². The second-order valence-corrected chi connectivity index (χ2v) is 11.5. The molecule has 3 rings (SSSR count). The molecule has 3 atom stereocenters. The van der Waals surface area contributed by atoms with E-state index in [1.165, 1.54) is 18.2 Å². The lowest BCUT2D eigenvalue weighted by atomic mass is 9.86. The molecule has 154 valence electrons. The number of ketones is 1. The van der Waals surface area contributed by atoms with Crippen LogP contribution in [-0.2, 0) is 24.5 Å². The van der Waals surface area contributed by atoms with Crippen molar-refractivity contribution in [2.75, 3.05) is 0 Å². The fourth-order valence-corrected chi connectivity index (χ4v) is 8.30. The Balaban J connectivity index is 2.19. The van der Waals surface area contributed by atoms with E-state index in [1.807, 2.05) is 6.92 Å². The van der Waals surface area contributed by atoms with E-state index in [1.54, 1.807) is 42.5 Å². The molecule has 0 aliphatic heterocycles. The molecule has 0 bridgehead atoms. The van der Waals surface area contributed by atoms with Crippen molar-refractivity contribution in [1.82, 2.24) is 0 Å². The Bertz CT molecular complexity index is 1110. The monoisotopic (exact) mass is 431 g/mol. The van der Waals surface area contributed by atoms with Crippen LogP contribution < -0.4 is 0 Å². The van der Waals surface area contributed by atoms with E-state index >= 15 is 0 Å². The van der Waals surface area contributed by atoms with Crippen molar-refractivity contribution < 1.29 is 17.4 Å². The van der Waals surface area contributed by atoms with Gasteiger partial charge in [0.2, 0.25) is 0 Å². The van der Waals surface area contributed by atoms with Gasteiger partial charge in [-0.3, -0.25) is 4.79 Å². The normalized spacial score (nSPS) is 20.4. The number of rotatable bonds is 6. The lowest BCUT2D eigenvalue weighted by molar-refractivity contribution is -0.121. The third-order valence-corrected chi connectivity index (χ3v) is 10.00. The van der Waals surface area contributed by atoms with Crippen LogP contribution in [-0.4, -0.2) is 23.7 Å². The first-order valence-electron chi connectivity index (χ1n) is 9.54. The Morgan fingerprint density at radius 3 is 2.28 bits per heavy atom. The molecule has 0 radical (unpaired) electrons. The zero-order valence-corrected chi connectivity index (χ0v) is 18.0. The van der Waals surface area contributed by atoms with Crippen LogP contribution in [0, 0.1) is 12.8 Å². The minimum Gasteiger partial charge on any atom is -0.300 e. The summed E-state index contributed by atoms with van der Waals surface area (Å²) in [6.45, 7) is 5.68. The number of benzene rings is 2. The first-order chi connectivity index (χ1) is 13.8. The summed E-state index contributed by atoms with van der Waals surface area (Å²) in [6, 6.07) is 14.7. The van der Waals surface area contributed by atoms with Crippen LogP contribution >= 0.6 is 0 Å². The van der Waals surface area contributed by atoms with Gasteiger partial charge in [-0.05, 0) is 49.9 Å². The first-order valence-corrected chi connectivity index (χ1v) is 12.6. The predicted molar refractivity (Wildman–Crippen MR) is 115 cm³/mol. The summed E-state index contributed by atoms with van der Waals surface area (Å²) in [4.78, 5) is 12.3. The van der Waals surface area contributed by atoms with Gasteiger partial charge >= 0.3 is 0 Å². The Labute approximate surface area is 173 Å². The van der Waals surface area contributed by atoms with E-state index in [2.05, 4.69) is 10.3 Å². The van der Waals surface area contributed by atoms with Gasteiger partial charge in [0.25, 0.3) is 10.0 Å². The number of hydrogen-bond donors (Lipinski definition) is 0. The average Bonchev–Trinajstić information content (AvgIpc) is 2.69. The van der Waals surface area contributed by atoms with Crippen molar-refractivity contribution in [3.05, 3.63) is 72.8 Å². The number of hydrogen-bond acceptors (Lipinski definition) is 4. The maximum atomic E-state index is 14.3. The number of carbonyl (C=O) groups excluding carboxylic acids is 1. The lowest BCUT2D eigenvalue weighted by Crippen LogP contribution is -2.32. The molecule has 7 heteroatoms. The summed E-state index contributed by atoms with van der Waals surface area (Å²) in [5.74, 6) is -0.150. The van der Waals surface area contributed by atoms with Gasteiger partial charge in [-0.15, -0.1) is 10.3 Å². The van der Waals surface area contributed by atoms with Crippen molar-refractivity contribution in [2.24, 2.45) is 9.69 Å². The third-order valence-electron chi connectivity index (χ3n) is 5.19. The fourth-order valence-electron chi connectivity index (χ4n) is 3.69. The molecule has 0 unspecified atom stereocenters. The Morgan fingerprint density at radius 2 is 1.69 bits per heavy atom. The standard InChI is InChI=1S/C22H25NO4S2/c1-3-22(18-8-7-9-19(24)16-18)28(25,20-10-5-4-6-11-20)23-29(26,27)21-14-12-17(2)13-15-21/h3-6,10-15,18,22H,1,7-9,16H2,2H3/t18-,22+,28+/m0/s1. The summed E-state index contributed by atoms with van der Waals surface area (Å²) in [6.07, 6.45) is 3.66. The van der Waals surface area contributed by atoms with Crippen LogP contribution in [0.4, 0.5) is 0 Å². The van der Waals surface area contributed by atoms with Crippen LogP contribution in [0.25, 0.3) is 0 Å². The van der Waals surface area contributed by atoms with E-state index in [9.17, 15) is 17.4 Å². The molecule has 5 nitrogen and oxygen atoms in total. The summed E-state index contributed by atoms with van der Waals surface area (Å²) in [5.41, 5.74) is 0.914. The molecule has 0 N–H and O–H groups in total. The van der Waals surface area contributed by atoms with Crippen molar-refractivity contribution in [2.45, 2.75) is 47.6 Å². The van der Waals surface area contributed by atoms with E-state index < -0.39 is 25.0 Å². The Morgan fingerprint density at radius 1 is 1.03 bits per heavy atom. The van der Waals surface area contributed by atoms with E-state index in [-0.39, 0.29) is 23.0 Å². The molecule has 0 saturated heterocycles. The highest BCUT2D eigenvalue weighted by molar-refractivity contribution is 8.03. The molecule has 0 heterocycles. The molecule has 0 amide bonds. The summed E-state index contributed by atoms with van der Waals surface area (Å²) in [5, 5.41) is -0.741. The van der Waals surface area contributed by atoms with Gasteiger partial charge in [-0.2, -0.15) is 8.42 Å². The zero-order chi connectivity index (χ0) is 21.1. The number of carbonyl (C=O) groups is 1. The highest BCUT2D eigenvalue weighted by Gasteiger charge is 2.35. The largest absolute Gasteiger partial charge is 0.300 e. The molecule has 0 aromatic heterocycles. The summed E-state index contributed by atoms with van der Waals surface area (Å²) < 4.78 is 44.4. The Kier molecular flexibility index (Phi) is 6.39. The molecular formula is C22H25NO4S2. The highest BCUT2D eigenvalue weighted by Crippen LogP contribution is 2.34. The number of aryl methyl sites for hydroxylation is 1. The second kappa shape index (κ2) is 8.63. The maximum Gasteiger partial charge on any atom is 0.290 e. The predicted octanol–water partition coefficient (Wildman–Crippen LogP) is 4.52. The molecule has 1 fully saturated rings. The number of nitrogens with zero attached hydrogens (tertiary/aromatic N) is 1. The van der Waals surface area contributed by atoms with Crippen LogP contribution in [0.2, 0.25) is 0 Å². The maximum absolute atomic E-state index is 14.3. The SMILES string of the molecule is C=C[C@H]([C@H]1CCCC(=O)C1)[S@@](=O)(=NS(=O)(=O)c1ccc(C)cc1)c1ccccc1. The van der Waals surface area contributed by atoms with Gasteiger partial charge in [0.05, 0.1) is 19.9 Å². The van der Waals surface area contributed by atoms with E-state index in [0.717, 1.165) is 5.56 Å². The quantitative estimate of drug-likeness (QED) is 0.630. The average molecular weight is 432 g/mol. The molecule has 0 spiro atoms. The van der Waals surface area contributed by atoms with Crippen molar-refractivity contribution in [3.8, 4) is 0 Å². The van der Waals surface area contributed by atoms with Gasteiger partial charge in [0, 0.05) is 17.7 Å². The van der Waals surface area contributed by atoms with E-state index in [0.29, 0.717) is 24.2 Å². The second-order valence-electron chi connectivity index (χ2n) is 7.34. The van der Waals surface area contributed by atoms with Gasteiger partial charge in [-0.1, -0.05) is 42.0 Å². The third kappa shape index (κ3) is 4.67. The molecule has 2 aromatic carbocycles. The van der Waals surface area contributed by atoms with Crippen LogP contribution in [0.1, 0.15) is 31.2 Å². The van der Waals surface area contributed by atoms with Gasteiger partial charge in [0.1, 0.15) is 5.78 Å². The number of sulfonamides is 1. The minimum atomic E-state index is -4.17. The van der Waals surface area contributed by atoms with Crippen LogP contribution in [0.15, 0.2) is 80.8 Å². The summed E-state index contributed by atoms with van der Waals surface area (Å²) in [7, 11) is -7.60. The van der Waals surface area contributed by atoms with Crippen molar-refractivity contribution in [1.29, 1.82) is 0 Å². The molecule has 1 saturated carbocycles. The Hall–Kier alpha value is -2.25. The molecule has 1 aliphatic rings. The lowest BCUT2D eigenvalue weighted by Gasteiger charge is -2.29. The molecule has 2 aromatic rings. The van der Waals surface area contributed by atoms with Gasteiger partial charge < -0.3 is 0 Å². The first kappa shape index (κ1) is 21.5. The van der Waals surface area contributed by atoms with Gasteiger partial charge in [0.15, 0.2) is 0 Å². The van der Waals surface area contributed by atoms with Crippen molar-refractivity contribution in [3.63, 3.8) is 0 Å². The highest BCUT2D eigenvalue weighted by atomic mass is 32.3. The van der Waals surface area contributed by atoms with Crippen LogP contribution in [0.5, 0.6) is 0 Å². The smallest absolute Gasteiger partial charge is 0.290 e. The number of Topliss-reactive ketones (excluding diaryl/α,β-unsaturated/α-hetero) is 1. The summed E-state index contributed by atoms with van der Waals surface area (Å²) >= 11 is 0. The van der Waals surface area contributed by atoms with E-state index in [4.69, 9.17) is 0 Å². The molecular weight excluding hydrogens is 406 g/mol. The minimum absolute atomic E-state index is 0.00529. The zero-order valence-electron chi connectivity index (χ0n) is 16.4. The van der Waals surface area contributed by atoms with Crippen LogP contribution in [0.3, 0.4) is 0 Å². The van der Waals surface area contributed by atoms with Crippen molar-refractivity contribution >= 4 is 25.5 Å². The molecule has 29 heavy (non-hydrogen) atoms. The topological polar surface area (TPSA) is 80.6 Å². The molecule has 1 aliphatic carbocycles.